The molecule has 2 fully saturated rings. The van der Waals surface area contributed by atoms with Gasteiger partial charge in [0, 0.05) is 24.6 Å². The lowest BCUT2D eigenvalue weighted by atomic mass is 10.1. The third-order valence-electron chi connectivity index (χ3n) is 4.43. The largest absolute Gasteiger partial charge is 0.481 e. The third kappa shape index (κ3) is 3.56. The van der Waals surface area contributed by atoms with Crippen LogP contribution < -0.4 is 14.8 Å². The highest BCUT2D eigenvalue weighted by Crippen LogP contribution is 2.46. The minimum Gasteiger partial charge on any atom is -0.481 e. The number of ether oxygens (including phenoxy) is 2. The van der Waals surface area contributed by atoms with Gasteiger partial charge in [0.1, 0.15) is 5.82 Å². The molecule has 1 saturated heterocycles. The predicted molar refractivity (Wildman–Crippen MR) is 81.0 cm³/mol. The molecule has 6 nitrogen and oxygen atoms in total. The molecule has 116 valence electrons. The minimum atomic E-state index is 0.334. The van der Waals surface area contributed by atoms with Crippen molar-refractivity contribution < 1.29 is 9.47 Å². The number of nitrogens with zero attached hydrogens (tertiary/aromatic N) is 3. The maximum Gasteiger partial charge on any atom is 0.321 e. The fourth-order valence-electron chi connectivity index (χ4n) is 2.95. The van der Waals surface area contributed by atoms with E-state index < -0.39 is 0 Å². The average Bonchev–Trinajstić information content (AvgIpc) is 3.09. The summed E-state index contributed by atoms with van der Waals surface area (Å²) in [6.07, 6.45) is 5.30. The summed E-state index contributed by atoms with van der Waals surface area (Å²) in [7, 11) is 3.16. The molecule has 0 aromatic carbocycles. The Labute approximate surface area is 125 Å². The molecule has 0 amide bonds. The smallest absolute Gasteiger partial charge is 0.321 e. The van der Waals surface area contributed by atoms with Crippen LogP contribution in [0.1, 0.15) is 25.7 Å². The van der Waals surface area contributed by atoms with Gasteiger partial charge in [0.05, 0.1) is 14.2 Å². The number of rotatable bonds is 7. The summed E-state index contributed by atoms with van der Waals surface area (Å²) in [5.74, 6) is 1.29. The summed E-state index contributed by atoms with van der Waals surface area (Å²) in [4.78, 5) is 11.0. The number of anilines is 1. The van der Waals surface area contributed by atoms with E-state index in [1.54, 1.807) is 14.2 Å². The van der Waals surface area contributed by atoms with Crippen molar-refractivity contribution in [2.24, 2.45) is 5.41 Å². The van der Waals surface area contributed by atoms with Gasteiger partial charge in [0.2, 0.25) is 5.88 Å². The van der Waals surface area contributed by atoms with Gasteiger partial charge in [-0.3, -0.25) is 0 Å². The molecule has 1 N–H and O–H groups in total. The van der Waals surface area contributed by atoms with Gasteiger partial charge in [0.15, 0.2) is 0 Å². The van der Waals surface area contributed by atoms with Gasteiger partial charge in [-0.2, -0.15) is 9.97 Å². The van der Waals surface area contributed by atoms with Crippen LogP contribution in [-0.2, 0) is 0 Å². The second-order valence-corrected chi connectivity index (χ2v) is 6.12. The van der Waals surface area contributed by atoms with Crippen LogP contribution in [0.5, 0.6) is 11.9 Å². The monoisotopic (exact) mass is 292 g/mol. The number of nitrogens with one attached hydrogen (secondary N) is 1. The van der Waals surface area contributed by atoms with Gasteiger partial charge >= 0.3 is 6.01 Å². The molecule has 1 aliphatic carbocycles. The van der Waals surface area contributed by atoms with Crippen LogP contribution in [-0.4, -0.2) is 55.3 Å². The van der Waals surface area contributed by atoms with Crippen LogP contribution in [0.4, 0.5) is 5.82 Å². The Bertz CT molecular complexity index is 462. The van der Waals surface area contributed by atoms with E-state index in [2.05, 4.69) is 20.2 Å². The van der Waals surface area contributed by atoms with E-state index in [9.17, 15) is 0 Å². The van der Waals surface area contributed by atoms with Gasteiger partial charge in [0.25, 0.3) is 0 Å². The first-order chi connectivity index (χ1) is 10.2. The van der Waals surface area contributed by atoms with Crippen molar-refractivity contribution in [2.75, 3.05) is 45.7 Å². The molecule has 2 heterocycles. The number of likely N-dealkylation sites (tertiary alicyclic amines) is 1. The first-order valence-corrected chi connectivity index (χ1v) is 7.66. The van der Waals surface area contributed by atoms with E-state index in [4.69, 9.17) is 9.47 Å². The molecule has 1 aliphatic heterocycles. The van der Waals surface area contributed by atoms with Crippen molar-refractivity contribution in [3.63, 3.8) is 0 Å². The average molecular weight is 292 g/mol. The Hall–Kier alpha value is -1.56. The molecule has 2 aliphatic rings. The summed E-state index contributed by atoms with van der Waals surface area (Å²) in [6, 6.07) is 2.15. The van der Waals surface area contributed by atoms with Gasteiger partial charge in [-0.1, -0.05) is 0 Å². The number of hydrogen-bond donors (Lipinski definition) is 1. The highest BCUT2D eigenvalue weighted by Gasteiger charge is 2.44. The van der Waals surface area contributed by atoms with E-state index in [1.165, 1.54) is 45.3 Å². The van der Waals surface area contributed by atoms with Crippen LogP contribution in [0.25, 0.3) is 0 Å². The van der Waals surface area contributed by atoms with Crippen LogP contribution in [0.2, 0.25) is 0 Å². The lowest BCUT2D eigenvalue weighted by Gasteiger charge is -2.23. The second-order valence-electron chi connectivity index (χ2n) is 6.12. The Morgan fingerprint density at radius 3 is 2.57 bits per heavy atom. The van der Waals surface area contributed by atoms with E-state index in [0.29, 0.717) is 17.3 Å². The zero-order valence-corrected chi connectivity index (χ0v) is 12.9. The topological polar surface area (TPSA) is 59.5 Å². The summed E-state index contributed by atoms with van der Waals surface area (Å²) in [5.41, 5.74) is 0.426. The zero-order valence-electron chi connectivity index (χ0n) is 12.9. The van der Waals surface area contributed by atoms with E-state index in [0.717, 1.165) is 12.4 Å². The fourth-order valence-corrected chi connectivity index (χ4v) is 2.95. The Balaban J connectivity index is 1.59. The van der Waals surface area contributed by atoms with Crippen LogP contribution in [0.15, 0.2) is 6.07 Å². The summed E-state index contributed by atoms with van der Waals surface area (Å²) < 4.78 is 10.3. The molecule has 3 rings (SSSR count). The quantitative estimate of drug-likeness (QED) is 0.826. The molecule has 0 bridgehead atoms. The molecule has 6 heteroatoms. The Morgan fingerprint density at radius 1 is 1.19 bits per heavy atom. The summed E-state index contributed by atoms with van der Waals surface area (Å²) in [6.45, 7) is 4.68. The second kappa shape index (κ2) is 6.05. The fraction of sp³-hybridized carbons (Fsp3) is 0.733. The maximum atomic E-state index is 5.17. The van der Waals surface area contributed by atoms with E-state index >= 15 is 0 Å². The molecule has 0 atom stereocenters. The minimum absolute atomic E-state index is 0.334. The van der Waals surface area contributed by atoms with Gasteiger partial charge < -0.3 is 19.7 Å². The van der Waals surface area contributed by atoms with Crippen molar-refractivity contribution in [3.8, 4) is 11.9 Å². The molecular weight excluding hydrogens is 268 g/mol. The van der Waals surface area contributed by atoms with Crippen molar-refractivity contribution >= 4 is 5.82 Å². The molecule has 0 unspecified atom stereocenters. The first kappa shape index (κ1) is 14.4. The zero-order chi connectivity index (χ0) is 14.7. The molecule has 0 radical (unpaired) electrons. The van der Waals surface area contributed by atoms with Gasteiger partial charge in [-0.05, 0) is 38.8 Å². The van der Waals surface area contributed by atoms with Crippen molar-refractivity contribution in [1.29, 1.82) is 0 Å². The van der Waals surface area contributed by atoms with Crippen molar-refractivity contribution in [2.45, 2.75) is 25.7 Å². The predicted octanol–water partition coefficient (Wildman–Crippen LogP) is 1.78. The Kier molecular flexibility index (Phi) is 4.14. The molecule has 21 heavy (non-hydrogen) atoms. The highest BCUT2D eigenvalue weighted by molar-refractivity contribution is 5.40. The van der Waals surface area contributed by atoms with Gasteiger partial charge in [-0.15, -0.1) is 0 Å². The SMILES string of the molecule is COc1cc(NCC2(CN3CCCC3)CC2)nc(OC)n1. The van der Waals surface area contributed by atoms with Crippen molar-refractivity contribution in [3.05, 3.63) is 6.07 Å². The highest BCUT2D eigenvalue weighted by atomic mass is 16.5. The van der Waals surface area contributed by atoms with E-state index in [1.807, 2.05) is 6.07 Å². The molecule has 1 saturated carbocycles. The normalized spacial score (nSPS) is 20.3. The number of methoxy groups -OCH3 is 2. The standard InChI is InChI=1S/C15H24N4O2/c1-20-13-9-12(17-14(18-13)21-2)16-10-15(5-6-15)11-19-7-3-4-8-19/h9H,3-8,10-11H2,1-2H3,(H,16,17,18). The molecular formula is C15H24N4O2. The Morgan fingerprint density at radius 2 is 1.95 bits per heavy atom. The summed E-state index contributed by atoms with van der Waals surface area (Å²) >= 11 is 0. The first-order valence-electron chi connectivity index (χ1n) is 7.66. The number of aromatic nitrogens is 2. The van der Waals surface area contributed by atoms with Crippen molar-refractivity contribution in [1.82, 2.24) is 14.9 Å². The van der Waals surface area contributed by atoms with Crippen LogP contribution in [0, 0.1) is 5.41 Å². The number of hydrogen-bond acceptors (Lipinski definition) is 6. The third-order valence-corrected chi connectivity index (χ3v) is 4.43. The molecule has 1 aromatic rings. The lowest BCUT2D eigenvalue weighted by molar-refractivity contribution is 0.271. The lowest BCUT2D eigenvalue weighted by Crippen LogP contribution is -2.32. The van der Waals surface area contributed by atoms with Crippen LogP contribution >= 0.6 is 0 Å². The molecule has 0 spiro atoms. The van der Waals surface area contributed by atoms with E-state index in [-0.39, 0.29) is 0 Å². The van der Waals surface area contributed by atoms with Gasteiger partial charge in [-0.25, -0.2) is 0 Å². The van der Waals surface area contributed by atoms with Crippen LogP contribution in [0.3, 0.4) is 0 Å². The molecule has 1 aromatic heterocycles. The summed E-state index contributed by atoms with van der Waals surface area (Å²) in [5, 5.41) is 3.43. The maximum absolute atomic E-state index is 5.17.